The molecule has 0 aliphatic rings. The topological polar surface area (TPSA) is 75.6 Å². The van der Waals surface area contributed by atoms with Crippen LogP contribution in [0, 0.1) is 12.7 Å². The molecule has 1 amide bonds. The Kier molecular flexibility index (Phi) is 6.37. The number of hydrogen-bond donors (Lipinski definition) is 2. The molecule has 3 rings (SSSR count). The van der Waals surface area contributed by atoms with Gasteiger partial charge in [0.05, 0.1) is 10.6 Å². The van der Waals surface area contributed by atoms with Crippen LogP contribution in [0.5, 0.6) is 17.2 Å². The number of halogens is 2. The first-order chi connectivity index (χ1) is 14.3. The number of hydrogen-bond acceptors (Lipinski definition) is 4. The van der Waals surface area contributed by atoms with E-state index in [1.165, 1.54) is 42.5 Å². The maximum atomic E-state index is 13.1. The van der Waals surface area contributed by atoms with Crippen LogP contribution < -0.4 is 10.1 Å². The average Bonchev–Trinajstić information content (AvgIpc) is 2.72. The highest BCUT2D eigenvalue weighted by Gasteiger charge is 2.17. The lowest BCUT2D eigenvalue weighted by Crippen LogP contribution is -2.09. The van der Waals surface area contributed by atoms with Crippen molar-refractivity contribution in [3.05, 3.63) is 82.1 Å². The number of phenolic OH excluding ortho intramolecular Hbond substituents is 1. The third kappa shape index (κ3) is 4.78. The highest BCUT2D eigenvalue weighted by Crippen LogP contribution is 2.37. The number of amides is 1. The predicted molar refractivity (Wildman–Crippen MR) is 113 cm³/mol. The Labute approximate surface area is 178 Å². The zero-order valence-corrected chi connectivity index (χ0v) is 17.1. The minimum Gasteiger partial charge on any atom is -0.507 e. The molecule has 154 valence electrons. The van der Waals surface area contributed by atoms with E-state index >= 15 is 0 Å². The smallest absolute Gasteiger partial charge is 0.224 e. The van der Waals surface area contributed by atoms with Crippen LogP contribution in [0.1, 0.15) is 34.8 Å². The molecule has 5 nitrogen and oxygen atoms in total. The summed E-state index contributed by atoms with van der Waals surface area (Å²) < 4.78 is 19.0. The van der Waals surface area contributed by atoms with E-state index in [4.69, 9.17) is 16.3 Å². The Morgan fingerprint density at radius 1 is 1.10 bits per heavy atom. The second-order valence-corrected chi connectivity index (χ2v) is 7.03. The second-order valence-electron chi connectivity index (χ2n) is 6.62. The third-order valence-corrected chi connectivity index (χ3v) is 4.65. The Bertz CT molecular complexity index is 1090. The first-order valence-electron chi connectivity index (χ1n) is 9.19. The summed E-state index contributed by atoms with van der Waals surface area (Å²) in [6.07, 6.45) is 0.341. The summed E-state index contributed by atoms with van der Waals surface area (Å²) in [7, 11) is 0. The van der Waals surface area contributed by atoms with Crippen LogP contribution in [0.15, 0.2) is 54.6 Å². The summed E-state index contributed by atoms with van der Waals surface area (Å²) in [5, 5.41) is 13.1. The largest absolute Gasteiger partial charge is 0.507 e. The number of benzene rings is 3. The molecular formula is C23H19ClFNO4. The fourth-order valence-electron chi connectivity index (χ4n) is 2.82. The predicted octanol–water partition coefficient (Wildman–Crippen LogP) is 5.86. The summed E-state index contributed by atoms with van der Waals surface area (Å²) in [6.45, 7) is 3.52. The quantitative estimate of drug-likeness (QED) is 0.483. The van der Waals surface area contributed by atoms with Crippen LogP contribution in [0.25, 0.3) is 0 Å². The maximum Gasteiger partial charge on any atom is 0.224 e. The van der Waals surface area contributed by atoms with Crippen molar-refractivity contribution in [3.8, 4) is 17.2 Å². The van der Waals surface area contributed by atoms with E-state index < -0.39 is 11.6 Å². The Morgan fingerprint density at radius 3 is 2.43 bits per heavy atom. The van der Waals surface area contributed by atoms with Gasteiger partial charge in [-0.15, -0.1) is 0 Å². The van der Waals surface area contributed by atoms with Gasteiger partial charge in [-0.3, -0.25) is 9.59 Å². The number of nitrogens with one attached hydrogen (secondary N) is 1. The van der Waals surface area contributed by atoms with Gasteiger partial charge in [-0.25, -0.2) is 4.39 Å². The van der Waals surface area contributed by atoms with Gasteiger partial charge in [0.15, 0.2) is 5.78 Å². The van der Waals surface area contributed by atoms with Gasteiger partial charge in [0.25, 0.3) is 0 Å². The second kappa shape index (κ2) is 8.97. The van der Waals surface area contributed by atoms with Gasteiger partial charge in [-0.05, 0) is 67.1 Å². The number of carbonyl (C=O) groups excluding carboxylic acids is 2. The summed E-state index contributed by atoms with van der Waals surface area (Å²) in [5.41, 5.74) is 1.47. The van der Waals surface area contributed by atoms with Crippen LogP contribution in [-0.2, 0) is 4.79 Å². The lowest BCUT2D eigenvalue weighted by Gasteiger charge is -2.14. The third-order valence-electron chi connectivity index (χ3n) is 4.37. The van der Waals surface area contributed by atoms with Crippen LogP contribution in [-0.4, -0.2) is 16.8 Å². The molecule has 2 N–H and O–H groups in total. The monoisotopic (exact) mass is 427 g/mol. The molecule has 30 heavy (non-hydrogen) atoms. The van der Waals surface area contributed by atoms with E-state index in [1.54, 1.807) is 26.0 Å². The van der Waals surface area contributed by atoms with Crippen LogP contribution in [0.3, 0.4) is 0 Å². The normalized spacial score (nSPS) is 10.5. The fraction of sp³-hybridized carbons (Fsp3) is 0.130. The van der Waals surface area contributed by atoms with Crippen LogP contribution >= 0.6 is 11.6 Å². The van der Waals surface area contributed by atoms with E-state index in [0.717, 1.165) is 0 Å². The lowest BCUT2D eigenvalue weighted by atomic mass is 10.0. The lowest BCUT2D eigenvalue weighted by molar-refractivity contribution is -0.115. The highest BCUT2D eigenvalue weighted by atomic mass is 35.5. The molecule has 7 heteroatoms. The minimum absolute atomic E-state index is 0.0136. The van der Waals surface area contributed by atoms with Crippen molar-refractivity contribution in [2.75, 3.05) is 5.32 Å². The molecule has 0 aromatic heterocycles. The number of phenols is 1. The number of anilines is 1. The molecule has 0 fully saturated rings. The highest BCUT2D eigenvalue weighted by molar-refractivity contribution is 6.32. The number of ketones is 1. The average molecular weight is 428 g/mol. The molecule has 0 aliphatic carbocycles. The zero-order valence-electron chi connectivity index (χ0n) is 16.3. The number of ether oxygens (including phenoxy) is 1. The number of aromatic hydroxyl groups is 1. The van der Waals surface area contributed by atoms with E-state index in [-0.39, 0.29) is 33.6 Å². The number of rotatable bonds is 6. The van der Waals surface area contributed by atoms with E-state index in [1.807, 2.05) is 0 Å². The van der Waals surface area contributed by atoms with Crippen LogP contribution in [0.4, 0.5) is 10.1 Å². The molecule has 0 heterocycles. The van der Waals surface area contributed by atoms with Gasteiger partial charge in [-0.1, -0.05) is 18.5 Å². The molecule has 0 saturated carbocycles. The summed E-state index contributed by atoms with van der Waals surface area (Å²) in [4.78, 5) is 24.3. The number of carbonyl (C=O) groups is 2. The van der Waals surface area contributed by atoms with Crippen molar-refractivity contribution < 1.29 is 23.8 Å². The van der Waals surface area contributed by atoms with Gasteiger partial charge in [-0.2, -0.15) is 0 Å². The molecule has 0 bridgehead atoms. The standard InChI is InChI=1S/C23H19ClFNO4/c1-3-21(28)26-16-10-13(2)23(19(24)11-16)30-17-8-9-20(27)18(12-17)22(29)14-4-6-15(25)7-5-14/h4-12,27H,3H2,1-2H3,(H,26,28). The van der Waals surface area contributed by atoms with E-state index in [2.05, 4.69) is 5.32 Å². The Morgan fingerprint density at radius 2 is 1.80 bits per heavy atom. The first-order valence-corrected chi connectivity index (χ1v) is 9.57. The summed E-state index contributed by atoms with van der Waals surface area (Å²) in [5.74, 6) is -0.653. The van der Waals surface area contributed by atoms with Crippen molar-refractivity contribution in [2.24, 2.45) is 0 Å². The minimum atomic E-state index is -0.474. The van der Waals surface area contributed by atoms with Crippen molar-refractivity contribution >= 4 is 29.0 Å². The van der Waals surface area contributed by atoms with E-state index in [0.29, 0.717) is 23.4 Å². The van der Waals surface area contributed by atoms with Gasteiger partial charge >= 0.3 is 0 Å². The van der Waals surface area contributed by atoms with Gasteiger partial charge in [0, 0.05) is 17.7 Å². The summed E-state index contributed by atoms with van der Waals surface area (Å²) in [6, 6.07) is 12.6. The Balaban J connectivity index is 1.89. The van der Waals surface area contributed by atoms with Gasteiger partial charge < -0.3 is 15.2 Å². The number of aryl methyl sites for hydroxylation is 1. The van der Waals surface area contributed by atoms with Crippen molar-refractivity contribution in [1.29, 1.82) is 0 Å². The molecule has 3 aromatic carbocycles. The molecular weight excluding hydrogens is 409 g/mol. The van der Waals surface area contributed by atoms with Crippen molar-refractivity contribution in [3.63, 3.8) is 0 Å². The van der Waals surface area contributed by atoms with Gasteiger partial charge in [0.1, 0.15) is 23.1 Å². The molecule has 0 spiro atoms. The van der Waals surface area contributed by atoms with Crippen molar-refractivity contribution in [2.45, 2.75) is 20.3 Å². The Hall–Kier alpha value is -3.38. The van der Waals surface area contributed by atoms with Crippen molar-refractivity contribution in [1.82, 2.24) is 0 Å². The van der Waals surface area contributed by atoms with E-state index in [9.17, 15) is 19.1 Å². The SMILES string of the molecule is CCC(=O)Nc1cc(C)c(Oc2ccc(O)c(C(=O)c3ccc(F)cc3)c2)c(Cl)c1. The molecule has 0 radical (unpaired) electrons. The molecule has 0 unspecified atom stereocenters. The summed E-state index contributed by atoms with van der Waals surface area (Å²) >= 11 is 6.33. The fourth-order valence-corrected chi connectivity index (χ4v) is 3.12. The molecule has 0 atom stereocenters. The van der Waals surface area contributed by atoms with Crippen LogP contribution in [0.2, 0.25) is 5.02 Å². The first kappa shape index (κ1) is 21.3. The maximum absolute atomic E-state index is 13.1. The van der Waals surface area contributed by atoms with Gasteiger partial charge in [0.2, 0.25) is 5.91 Å². The molecule has 0 saturated heterocycles. The zero-order chi connectivity index (χ0) is 21.8. The molecule has 3 aromatic rings. The molecule has 0 aliphatic heterocycles.